The summed E-state index contributed by atoms with van der Waals surface area (Å²) in [5.74, 6) is -2.92. The molecular weight excluding hydrogens is 428 g/mol. The van der Waals surface area contributed by atoms with Crippen molar-refractivity contribution in [1.82, 2.24) is 0 Å². The number of carbonyl (C=O) groups excluding carboxylic acids is 1. The minimum atomic E-state index is -3.68. The van der Waals surface area contributed by atoms with E-state index in [2.05, 4.69) is 5.32 Å². The number of halogens is 3. The van der Waals surface area contributed by atoms with E-state index in [0.717, 1.165) is 6.07 Å². The van der Waals surface area contributed by atoms with Crippen LogP contribution in [-0.2, 0) is 14.6 Å². The van der Waals surface area contributed by atoms with E-state index in [1.165, 1.54) is 25.3 Å². The van der Waals surface area contributed by atoms with E-state index in [0.29, 0.717) is 25.7 Å². The van der Waals surface area contributed by atoms with E-state index in [-0.39, 0.29) is 33.6 Å². The minimum absolute atomic E-state index is 0.0631. The van der Waals surface area contributed by atoms with E-state index in [1.54, 1.807) is 0 Å². The number of sulfone groups is 1. The number of nitrogens with one attached hydrogen (secondary N) is 1. The molecule has 3 rings (SSSR count). The Bertz CT molecular complexity index is 1040. The van der Waals surface area contributed by atoms with Crippen LogP contribution in [0.3, 0.4) is 0 Å². The van der Waals surface area contributed by atoms with E-state index < -0.39 is 32.4 Å². The second-order valence-corrected chi connectivity index (χ2v) is 8.99. The highest BCUT2D eigenvalue weighted by atomic mass is 35.5. The van der Waals surface area contributed by atoms with Gasteiger partial charge in [0.1, 0.15) is 22.4 Å². The first-order chi connectivity index (χ1) is 13.7. The number of benzene rings is 2. The van der Waals surface area contributed by atoms with Gasteiger partial charge in [0.25, 0.3) is 5.91 Å². The molecule has 10 heteroatoms. The zero-order valence-electron chi connectivity index (χ0n) is 15.4. The summed E-state index contributed by atoms with van der Waals surface area (Å²) >= 11 is 5.77. The summed E-state index contributed by atoms with van der Waals surface area (Å²) < 4.78 is 62.8. The minimum Gasteiger partial charge on any atom is -0.496 e. The molecule has 0 radical (unpaired) electrons. The molecule has 0 bridgehead atoms. The summed E-state index contributed by atoms with van der Waals surface area (Å²) in [5.41, 5.74) is -0.399. The zero-order chi connectivity index (χ0) is 21.2. The van der Waals surface area contributed by atoms with Crippen molar-refractivity contribution in [2.75, 3.05) is 31.4 Å². The quantitative estimate of drug-likeness (QED) is 0.686. The van der Waals surface area contributed by atoms with E-state index in [4.69, 9.17) is 21.1 Å². The molecule has 2 aromatic rings. The van der Waals surface area contributed by atoms with Gasteiger partial charge in [-0.25, -0.2) is 17.2 Å². The Kier molecular flexibility index (Phi) is 6.40. The van der Waals surface area contributed by atoms with E-state index >= 15 is 0 Å². The van der Waals surface area contributed by atoms with Gasteiger partial charge in [0, 0.05) is 12.7 Å². The molecule has 0 aromatic heterocycles. The van der Waals surface area contributed by atoms with Gasteiger partial charge in [-0.3, -0.25) is 4.79 Å². The van der Waals surface area contributed by atoms with Crippen molar-refractivity contribution < 1.29 is 31.5 Å². The fourth-order valence-corrected chi connectivity index (χ4v) is 4.82. The van der Waals surface area contributed by atoms with Crippen molar-refractivity contribution in [3.63, 3.8) is 0 Å². The summed E-state index contributed by atoms with van der Waals surface area (Å²) in [6.07, 6.45) is 0.645. The normalized spacial score (nSPS) is 16.6. The maximum atomic E-state index is 13.6. The van der Waals surface area contributed by atoms with Crippen LogP contribution in [0.4, 0.5) is 14.5 Å². The molecule has 0 unspecified atom stereocenters. The maximum absolute atomic E-state index is 13.6. The van der Waals surface area contributed by atoms with Gasteiger partial charge >= 0.3 is 0 Å². The van der Waals surface area contributed by atoms with Crippen molar-refractivity contribution in [3.8, 4) is 5.75 Å². The molecule has 1 fully saturated rings. The number of hydrogen-bond acceptors (Lipinski definition) is 5. The molecule has 1 aliphatic heterocycles. The molecule has 1 amide bonds. The smallest absolute Gasteiger partial charge is 0.259 e. The van der Waals surface area contributed by atoms with Crippen LogP contribution in [0, 0.1) is 17.6 Å². The lowest BCUT2D eigenvalue weighted by atomic mass is 10.1. The van der Waals surface area contributed by atoms with Crippen LogP contribution in [0.5, 0.6) is 5.75 Å². The second kappa shape index (κ2) is 8.64. The molecule has 6 nitrogen and oxygen atoms in total. The molecule has 1 heterocycles. The van der Waals surface area contributed by atoms with Crippen molar-refractivity contribution in [3.05, 3.63) is 52.6 Å². The largest absolute Gasteiger partial charge is 0.496 e. The summed E-state index contributed by atoms with van der Waals surface area (Å²) in [6.45, 7) is 0.883. The Morgan fingerprint density at radius 2 is 2.07 bits per heavy atom. The molecular formula is C19H18ClF2NO5S. The van der Waals surface area contributed by atoms with E-state index in [1.807, 2.05) is 0 Å². The third kappa shape index (κ3) is 4.85. The predicted octanol–water partition coefficient (Wildman–Crippen LogP) is 3.69. The molecule has 29 heavy (non-hydrogen) atoms. The molecule has 0 saturated carbocycles. The first-order valence-corrected chi connectivity index (χ1v) is 10.7. The fourth-order valence-electron chi connectivity index (χ4n) is 3.02. The van der Waals surface area contributed by atoms with Gasteiger partial charge in [0.15, 0.2) is 9.84 Å². The van der Waals surface area contributed by atoms with Gasteiger partial charge in [-0.1, -0.05) is 11.6 Å². The first-order valence-electron chi connectivity index (χ1n) is 8.65. The van der Waals surface area contributed by atoms with Gasteiger partial charge in [0.05, 0.1) is 35.6 Å². The lowest BCUT2D eigenvalue weighted by molar-refractivity contribution is 0.102. The van der Waals surface area contributed by atoms with Gasteiger partial charge in [-0.2, -0.15) is 0 Å². The SMILES string of the molecule is COc1ccc(S(=O)(=O)C[C@H]2CCOC2)cc1C(=O)Nc1cc(F)cc(F)c1Cl. The highest BCUT2D eigenvalue weighted by Gasteiger charge is 2.26. The monoisotopic (exact) mass is 445 g/mol. The highest BCUT2D eigenvalue weighted by Crippen LogP contribution is 2.29. The number of anilines is 1. The Morgan fingerprint density at radius 3 is 2.72 bits per heavy atom. The number of carbonyl (C=O) groups is 1. The highest BCUT2D eigenvalue weighted by molar-refractivity contribution is 7.91. The van der Waals surface area contributed by atoms with E-state index in [9.17, 15) is 22.0 Å². The Labute approximate surface area is 171 Å². The Balaban J connectivity index is 1.92. The summed E-state index contributed by atoms with van der Waals surface area (Å²) in [6, 6.07) is 5.30. The Hall–Kier alpha value is -2.23. The third-order valence-corrected chi connectivity index (χ3v) is 6.76. The molecule has 2 aromatic carbocycles. The van der Waals surface area contributed by atoms with Crippen molar-refractivity contribution >= 4 is 33.0 Å². The first kappa shape index (κ1) is 21.5. The molecule has 1 atom stereocenters. The van der Waals surface area contributed by atoms with Crippen LogP contribution < -0.4 is 10.1 Å². The van der Waals surface area contributed by atoms with Gasteiger partial charge in [0.2, 0.25) is 0 Å². The van der Waals surface area contributed by atoms with Gasteiger partial charge < -0.3 is 14.8 Å². The third-order valence-electron chi connectivity index (χ3n) is 4.49. The standard InChI is InChI=1S/C19H18ClF2NO5S/c1-27-17-3-2-13(29(25,26)10-11-4-5-28-9-11)8-14(17)19(24)23-16-7-12(21)6-15(22)18(16)20/h2-3,6-8,11H,4-5,9-10H2,1H3,(H,23,24)/t11-/m0/s1. The molecule has 1 saturated heterocycles. The maximum Gasteiger partial charge on any atom is 0.259 e. The molecule has 0 spiro atoms. The number of hydrogen-bond donors (Lipinski definition) is 1. The average molecular weight is 446 g/mol. The number of methoxy groups -OCH3 is 1. The van der Waals surface area contributed by atoms with Gasteiger partial charge in [-0.05, 0) is 36.6 Å². The van der Waals surface area contributed by atoms with Crippen LogP contribution in [0.1, 0.15) is 16.8 Å². The van der Waals surface area contributed by atoms with Crippen molar-refractivity contribution in [2.45, 2.75) is 11.3 Å². The number of amides is 1. The zero-order valence-corrected chi connectivity index (χ0v) is 16.9. The lowest BCUT2D eigenvalue weighted by Crippen LogP contribution is -2.18. The summed E-state index contributed by atoms with van der Waals surface area (Å²) in [7, 11) is -2.37. The predicted molar refractivity (Wildman–Crippen MR) is 103 cm³/mol. The average Bonchev–Trinajstić information content (AvgIpc) is 3.17. The summed E-state index contributed by atoms with van der Waals surface area (Å²) in [5, 5.41) is 1.82. The van der Waals surface area contributed by atoms with Crippen LogP contribution in [0.2, 0.25) is 5.02 Å². The molecule has 1 aliphatic rings. The molecule has 156 valence electrons. The number of ether oxygens (including phenoxy) is 2. The van der Waals surface area contributed by atoms with Crippen molar-refractivity contribution in [2.24, 2.45) is 5.92 Å². The summed E-state index contributed by atoms with van der Waals surface area (Å²) in [4.78, 5) is 12.6. The fraction of sp³-hybridized carbons (Fsp3) is 0.316. The molecule has 0 aliphatic carbocycles. The lowest BCUT2D eigenvalue weighted by Gasteiger charge is -2.14. The van der Waals surface area contributed by atoms with Gasteiger partial charge in [-0.15, -0.1) is 0 Å². The second-order valence-electron chi connectivity index (χ2n) is 6.58. The van der Waals surface area contributed by atoms with Crippen LogP contribution >= 0.6 is 11.6 Å². The van der Waals surface area contributed by atoms with Crippen molar-refractivity contribution in [1.29, 1.82) is 0 Å². The van der Waals surface area contributed by atoms with Crippen LogP contribution in [0.15, 0.2) is 35.2 Å². The molecule has 1 N–H and O–H groups in total. The van der Waals surface area contributed by atoms with Crippen LogP contribution in [-0.4, -0.2) is 40.4 Å². The topological polar surface area (TPSA) is 81.7 Å². The van der Waals surface area contributed by atoms with Crippen LogP contribution in [0.25, 0.3) is 0 Å². The number of rotatable bonds is 6. The Morgan fingerprint density at radius 1 is 1.31 bits per heavy atom.